The molecule has 0 bridgehead atoms. The molecule has 0 spiro atoms. The Morgan fingerprint density at radius 1 is 1.53 bits per heavy atom. The number of nitrogens with zero attached hydrogens (tertiary/aromatic N) is 2. The predicted molar refractivity (Wildman–Crippen MR) is 66.6 cm³/mol. The van der Waals surface area contributed by atoms with Gasteiger partial charge in [0.05, 0.1) is 5.69 Å². The monoisotopic (exact) mass is 259 g/mol. The molecule has 2 rings (SSSR count). The van der Waals surface area contributed by atoms with Gasteiger partial charge in [-0.3, -0.25) is 4.79 Å². The molecule has 17 heavy (non-hydrogen) atoms. The van der Waals surface area contributed by atoms with Crippen LogP contribution in [0.25, 0.3) is 0 Å². The molecule has 1 aromatic rings. The number of piperazine rings is 1. The van der Waals surface area contributed by atoms with Gasteiger partial charge in [0.15, 0.2) is 0 Å². The Kier molecular flexibility index (Phi) is 4.54. The van der Waals surface area contributed by atoms with Gasteiger partial charge in [-0.25, -0.2) is 0 Å². The van der Waals surface area contributed by atoms with E-state index in [1.807, 2.05) is 11.8 Å². The highest BCUT2D eigenvalue weighted by molar-refractivity contribution is 5.96. The van der Waals surface area contributed by atoms with Crippen LogP contribution in [-0.2, 0) is 0 Å². The molecule has 1 amide bonds. The quantitative estimate of drug-likeness (QED) is 0.822. The fraction of sp³-hybridized carbons (Fsp3) is 0.636. The zero-order valence-electron chi connectivity index (χ0n) is 10.3. The maximum absolute atomic E-state index is 12.3. The Bertz CT molecular complexity index is 386. The molecule has 6 heteroatoms. The van der Waals surface area contributed by atoms with Crippen LogP contribution in [0.5, 0.6) is 0 Å². The second-order valence-electron chi connectivity index (χ2n) is 4.25. The molecule has 1 aromatic heterocycles. The lowest BCUT2D eigenvalue weighted by Crippen LogP contribution is -2.52. The smallest absolute Gasteiger partial charge is 0.259 e. The summed E-state index contributed by atoms with van der Waals surface area (Å²) in [6, 6.07) is 0.218. The van der Waals surface area contributed by atoms with Crippen molar-refractivity contribution >= 4 is 18.3 Å². The third kappa shape index (κ3) is 2.61. The number of hydrogen-bond acceptors (Lipinski definition) is 4. The van der Waals surface area contributed by atoms with E-state index in [9.17, 15) is 4.79 Å². The topological polar surface area (TPSA) is 58.4 Å². The van der Waals surface area contributed by atoms with Crippen molar-refractivity contribution in [2.45, 2.75) is 26.8 Å². The summed E-state index contributed by atoms with van der Waals surface area (Å²) >= 11 is 0. The Labute approximate surface area is 107 Å². The fourth-order valence-electron chi connectivity index (χ4n) is 2.07. The maximum Gasteiger partial charge on any atom is 0.259 e. The molecule has 0 aliphatic carbocycles. The first kappa shape index (κ1) is 14.0. The summed E-state index contributed by atoms with van der Waals surface area (Å²) < 4.78 is 5.03. The van der Waals surface area contributed by atoms with E-state index in [2.05, 4.69) is 10.5 Å². The van der Waals surface area contributed by atoms with E-state index < -0.39 is 0 Å². The number of hydrogen-bond donors (Lipinski definition) is 1. The minimum Gasteiger partial charge on any atom is -0.361 e. The normalized spacial score (nSPS) is 19.9. The predicted octanol–water partition coefficient (Wildman–Crippen LogP) is 1.15. The first-order valence-electron chi connectivity index (χ1n) is 5.56. The summed E-state index contributed by atoms with van der Waals surface area (Å²) in [7, 11) is 0. The zero-order valence-corrected chi connectivity index (χ0v) is 11.1. The minimum atomic E-state index is 0. The molecule has 1 atom stereocenters. The van der Waals surface area contributed by atoms with E-state index in [4.69, 9.17) is 4.52 Å². The Balaban J connectivity index is 0.00000144. The summed E-state index contributed by atoms with van der Waals surface area (Å²) in [6.07, 6.45) is 0. The van der Waals surface area contributed by atoms with Gasteiger partial charge in [-0.1, -0.05) is 5.16 Å². The average Bonchev–Trinajstić information content (AvgIpc) is 2.58. The molecular weight excluding hydrogens is 242 g/mol. The molecule has 0 radical (unpaired) electrons. The van der Waals surface area contributed by atoms with E-state index in [-0.39, 0.29) is 24.4 Å². The molecule has 0 saturated carbocycles. The summed E-state index contributed by atoms with van der Waals surface area (Å²) in [5, 5.41) is 7.08. The number of carbonyl (C=O) groups is 1. The molecule has 0 aromatic carbocycles. The minimum absolute atomic E-state index is 0. The molecule has 1 aliphatic heterocycles. The van der Waals surface area contributed by atoms with Crippen molar-refractivity contribution in [2.75, 3.05) is 19.6 Å². The van der Waals surface area contributed by atoms with Gasteiger partial charge in [-0.15, -0.1) is 12.4 Å². The fourth-order valence-corrected chi connectivity index (χ4v) is 2.07. The highest BCUT2D eigenvalue weighted by atomic mass is 35.5. The van der Waals surface area contributed by atoms with E-state index in [1.165, 1.54) is 0 Å². The van der Waals surface area contributed by atoms with Crippen LogP contribution in [0.15, 0.2) is 4.52 Å². The third-order valence-corrected chi connectivity index (χ3v) is 3.01. The van der Waals surface area contributed by atoms with Crippen molar-refractivity contribution in [1.82, 2.24) is 15.4 Å². The molecule has 1 fully saturated rings. The molecule has 1 saturated heterocycles. The van der Waals surface area contributed by atoms with Gasteiger partial charge in [0.1, 0.15) is 11.3 Å². The summed E-state index contributed by atoms with van der Waals surface area (Å²) in [5.74, 6) is 0.637. The van der Waals surface area contributed by atoms with Gasteiger partial charge < -0.3 is 14.7 Å². The summed E-state index contributed by atoms with van der Waals surface area (Å²) in [4.78, 5) is 14.2. The molecule has 2 heterocycles. The van der Waals surface area contributed by atoms with Gasteiger partial charge >= 0.3 is 0 Å². The van der Waals surface area contributed by atoms with Crippen LogP contribution in [0.3, 0.4) is 0 Å². The third-order valence-electron chi connectivity index (χ3n) is 3.01. The number of nitrogens with one attached hydrogen (secondary N) is 1. The molecule has 1 aliphatic rings. The SMILES string of the molecule is Cc1noc(C)c1C(=O)N1CCNCC1C.Cl. The van der Waals surface area contributed by atoms with Gasteiger partial charge in [-0.2, -0.15) is 0 Å². The first-order valence-corrected chi connectivity index (χ1v) is 5.56. The van der Waals surface area contributed by atoms with Gasteiger partial charge in [0, 0.05) is 25.7 Å². The van der Waals surface area contributed by atoms with Crippen LogP contribution in [-0.4, -0.2) is 41.6 Å². The van der Waals surface area contributed by atoms with Gasteiger partial charge in [0.2, 0.25) is 0 Å². The molecule has 1 N–H and O–H groups in total. The highest BCUT2D eigenvalue weighted by Gasteiger charge is 2.28. The van der Waals surface area contributed by atoms with Crippen LogP contribution >= 0.6 is 12.4 Å². The second kappa shape index (κ2) is 5.51. The summed E-state index contributed by atoms with van der Waals surface area (Å²) in [6.45, 7) is 8.05. The van der Waals surface area contributed by atoms with Crippen LogP contribution in [0.2, 0.25) is 0 Å². The average molecular weight is 260 g/mol. The number of aryl methyl sites for hydroxylation is 2. The number of amides is 1. The van der Waals surface area contributed by atoms with Crippen molar-refractivity contribution in [2.24, 2.45) is 0 Å². The van der Waals surface area contributed by atoms with E-state index in [0.717, 1.165) is 19.6 Å². The Morgan fingerprint density at radius 2 is 2.24 bits per heavy atom. The van der Waals surface area contributed by atoms with E-state index in [0.29, 0.717) is 17.0 Å². The van der Waals surface area contributed by atoms with Crippen molar-refractivity contribution < 1.29 is 9.32 Å². The van der Waals surface area contributed by atoms with Crippen molar-refractivity contribution in [3.63, 3.8) is 0 Å². The van der Waals surface area contributed by atoms with Crippen LogP contribution < -0.4 is 5.32 Å². The van der Waals surface area contributed by atoms with Gasteiger partial charge in [-0.05, 0) is 20.8 Å². The largest absolute Gasteiger partial charge is 0.361 e. The zero-order chi connectivity index (χ0) is 11.7. The van der Waals surface area contributed by atoms with Crippen LogP contribution in [0.4, 0.5) is 0 Å². The lowest BCUT2D eigenvalue weighted by Gasteiger charge is -2.33. The lowest BCUT2D eigenvalue weighted by molar-refractivity contribution is 0.0653. The molecule has 96 valence electrons. The van der Waals surface area contributed by atoms with E-state index in [1.54, 1.807) is 13.8 Å². The lowest BCUT2D eigenvalue weighted by atomic mass is 10.1. The van der Waals surface area contributed by atoms with Crippen LogP contribution in [0, 0.1) is 13.8 Å². The number of aromatic nitrogens is 1. The number of halogens is 1. The molecular formula is C11H18ClN3O2. The second-order valence-corrected chi connectivity index (χ2v) is 4.25. The Hall–Kier alpha value is -1.07. The van der Waals surface area contributed by atoms with E-state index >= 15 is 0 Å². The molecule has 5 nitrogen and oxygen atoms in total. The standard InChI is InChI=1S/C11H17N3O2.ClH/c1-7-6-12-4-5-14(7)11(15)10-8(2)13-16-9(10)3;/h7,12H,4-6H2,1-3H3;1H. The maximum atomic E-state index is 12.3. The van der Waals surface area contributed by atoms with Crippen LogP contribution in [0.1, 0.15) is 28.7 Å². The number of carbonyl (C=O) groups excluding carboxylic acids is 1. The van der Waals surface area contributed by atoms with Crippen molar-refractivity contribution in [3.05, 3.63) is 17.0 Å². The highest BCUT2D eigenvalue weighted by Crippen LogP contribution is 2.17. The van der Waals surface area contributed by atoms with Crippen molar-refractivity contribution in [3.8, 4) is 0 Å². The van der Waals surface area contributed by atoms with Crippen molar-refractivity contribution in [1.29, 1.82) is 0 Å². The Morgan fingerprint density at radius 3 is 2.76 bits per heavy atom. The summed E-state index contributed by atoms with van der Waals surface area (Å²) in [5.41, 5.74) is 1.29. The molecule has 1 unspecified atom stereocenters. The van der Waals surface area contributed by atoms with Gasteiger partial charge in [0.25, 0.3) is 5.91 Å². The number of rotatable bonds is 1. The first-order chi connectivity index (χ1) is 7.61.